The zero-order valence-electron chi connectivity index (χ0n) is 16.6. The average molecular weight is 420 g/mol. The molecule has 2 aliphatic rings. The van der Waals surface area contributed by atoms with Crippen LogP contribution < -0.4 is 0 Å². The lowest BCUT2D eigenvalue weighted by molar-refractivity contribution is -0.136. The van der Waals surface area contributed by atoms with Gasteiger partial charge in [0.15, 0.2) is 0 Å². The smallest absolute Gasteiger partial charge is 0.262 e. The maximum Gasteiger partial charge on any atom is 0.262 e. The highest BCUT2D eigenvalue weighted by atomic mass is 32.1. The van der Waals surface area contributed by atoms with E-state index in [0.717, 1.165) is 33.0 Å². The Bertz CT molecular complexity index is 1100. The fourth-order valence-corrected chi connectivity index (χ4v) is 5.47. The van der Waals surface area contributed by atoms with Crippen LogP contribution in [0.15, 0.2) is 48.5 Å². The topological polar surface area (TPSA) is 70.6 Å². The number of carbonyl (C=O) groups is 3. The summed E-state index contributed by atoms with van der Waals surface area (Å²) in [6.45, 7) is 2.84. The van der Waals surface area contributed by atoms with E-state index in [1.165, 1.54) is 0 Å². The molecule has 30 heavy (non-hydrogen) atoms. The molecular weight excluding hydrogens is 398 g/mol. The van der Waals surface area contributed by atoms with Crippen LogP contribution in [-0.2, 0) is 4.79 Å². The fraction of sp³-hybridized carbons (Fsp3) is 0.304. The molecule has 0 saturated carbocycles. The van der Waals surface area contributed by atoms with Crippen LogP contribution in [0, 0.1) is 0 Å². The molecule has 1 aromatic heterocycles. The molecule has 0 spiro atoms. The van der Waals surface area contributed by atoms with Gasteiger partial charge in [-0.25, -0.2) is 4.98 Å². The maximum atomic E-state index is 13.2. The number of fused-ring (bicyclic) bond motifs is 2. The normalized spacial score (nSPS) is 20.0. The standard InChI is InChI=1S/C23H21N3O3S/c1-14(26-22(28)16-8-2-3-9-17(16)23(26)29)21(27)25-12-6-7-15(13-25)20-24-18-10-4-5-11-19(18)30-20/h2-5,8-11,14-15H,6-7,12-13H2,1H3/t14-,15+/m0/s1. The van der Waals surface area contributed by atoms with Gasteiger partial charge in [-0.05, 0) is 44.0 Å². The third-order valence-corrected chi connectivity index (χ3v) is 7.16. The van der Waals surface area contributed by atoms with Crippen molar-refractivity contribution in [2.24, 2.45) is 0 Å². The number of para-hydroxylation sites is 1. The van der Waals surface area contributed by atoms with Crippen molar-refractivity contribution in [3.63, 3.8) is 0 Å². The first-order valence-electron chi connectivity index (χ1n) is 10.2. The van der Waals surface area contributed by atoms with Crippen LogP contribution >= 0.6 is 11.3 Å². The van der Waals surface area contributed by atoms with Crippen molar-refractivity contribution in [1.82, 2.24) is 14.8 Å². The molecule has 0 N–H and O–H groups in total. The van der Waals surface area contributed by atoms with Gasteiger partial charge in [0.2, 0.25) is 5.91 Å². The van der Waals surface area contributed by atoms with Gasteiger partial charge < -0.3 is 4.90 Å². The van der Waals surface area contributed by atoms with E-state index in [0.29, 0.717) is 24.2 Å². The number of nitrogens with zero attached hydrogens (tertiary/aromatic N) is 3. The molecule has 0 aliphatic carbocycles. The van der Waals surface area contributed by atoms with E-state index < -0.39 is 17.9 Å². The van der Waals surface area contributed by atoms with Gasteiger partial charge in [0.25, 0.3) is 11.8 Å². The zero-order valence-corrected chi connectivity index (χ0v) is 17.4. The molecule has 2 aromatic carbocycles. The number of benzene rings is 2. The molecule has 6 nitrogen and oxygen atoms in total. The van der Waals surface area contributed by atoms with E-state index >= 15 is 0 Å². The molecule has 152 valence electrons. The first-order valence-corrected chi connectivity index (χ1v) is 11.0. The lowest BCUT2D eigenvalue weighted by atomic mass is 9.98. The highest BCUT2D eigenvalue weighted by Gasteiger charge is 2.42. The maximum absolute atomic E-state index is 13.2. The average Bonchev–Trinajstić information content (AvgIpc) is 3.32. The van der Waals surface area contributed by atoms with Crippen LogP contribution in [0.4, 0.5) is 0 Å². The highest BCUT2D eigenvalue weighted by Crippen LogP contribution is 2.33. The summed E-state index contributed by atoms with van der Waals surface area (Å²) in [5.74, 6) is -0.794. The van der Waals surface area contributed by atoms with Crippen molar-refractivity contribution in [2.45, 2.75) is 31.7 Å². The number of hydrogen-bond donors (Lipinski definition) is 0. The zero-order chi connectivity index (χ0) is 20.8. The van der Waals surface area contributed by atoms with E-state index in [4.69, 9.17) is 4.98 Å². The van der Waals surface area contributed by atoms with Crippen LogP contribution in [0.2, 0.25) is 0 Å². The van der Waals surface area contributed by atoms with E-state index in [1.807, 2.05) is 18.2 Å². The van der Waals surface area contributed by atoms with Crippen molar-refractivity contribution in [2.75, 3.05) is 13.1 Å². The summed E-state index contributed by atoms with van der Waals surface area (Å²) in [6.07, 6.45) is 1.85. The summed E-state index contributed by atoms with van der Waals surface area (Å²) in [4.78, 5) is 46.4. The molecule has 3 heterocycles. The number of carbonyl (C=O) groups excluding carboxylic acids is 3. The lowest BCUT2D eigenvalue weighted by Gasteiger charge is -2.35. The SMILES string of the molecule is C[C@@H](C(=O)N1CCC[C@@H](c2nc3ccccc3s2)C1)N1C(=O)c2ccccc2C1=O. The van der Waals surface area contributed by atoms with Gasteiger partial charge in [-0.2, -0.15) is 0 Å². The Balaban J connectivity index is 1.34. The fourth-order valence-electron chi connectivity index (χ4n) is 4.38. The molecule has 1 saturated heterocycles. The minimum Gasteiger partial charge on any atom is -0.340 e. The minimum atomic E-state index is -0.827. The number of thiazole rings is 1. The Morgan fingerprint density at radius 1 is 1.07 bits per heavy atom. The summed E-state index contributed by atoms with van der Waals surface area (Å²) in [5.41, 5.74) is 1.72. The molecule has 2 aliphatic heterocycles. The van der Waals surface area contributed by atoms with E-state index in [2.05, 4.69) is 6.07 Å². The molecule has 5 rings (SSSR count). The number of rotatable bonds is 3. The first-order chi connectivity index (χ1) is 14.5. The Morgan fingerprint density at radius 2 is 1.73 bits per heavy atom. The third-order valence-electron chi connectivity index (χ3n) is 5.96. The van der Waals surface area contributed by atoms with Crippen LogP contribution in [0.25, 0.3) is 10.2 Å². The number of likely N-dealkylation sites (tertiary alicyclic amines) is 1. The van der Waals surface area contributed by atoms with Crippen molar-refractivity contribution >= 4 is 39.3 Å². The summed E-state index contributed by atoms with van der Waals surface area (Å²) < 4.78 is 1.15. The Morgan fingerprint density at radius 3 is 2.43 bits per heavy atom. The summed E-state index contributed by atoms with van der Waals surface area (Å²) >= 11 is 1.68. The Hall–Kier alpha value is -3.06. The first kappa shape index (κ1) is 18.9. The molecule has 3 amide bonds. The van der Waals surface area contributed by atoms with Crippen molar-refractivity contribution in [3.8, 4) is 0 Å². The third kappa shape index (κ3) is 3.01. The van der Waals surface area contributed by atoms with Crippen LogP contribution in [-0.4, -0.2) is 51.6 Å². The summed E-state index contributed by atoms with van der Waals surface area (Å²) in [7, 11) is 0. The summed E-state index contributed by atoms with van der Waals surface area (Å²) in [5, 5.41) is 1.04. The van der Waals surface area contributed by atoms with Crippen LogP contribution in [0.1, 0.15) is 51.4 Å². The molecule has 1 fully saturated rings. The molecular formula is C23H21N3O3S. The van der Waals surface area contributed by atoms with Gasteiger partial charge in [-0.15, -0.1) is 11.3 Å². The molecule has 3 aromatic rings. The molecule has 0 unspecified atom stereocenters. The van der Waals surface area contributed by atoms with Crippen LogP contribution in [0.3, 0.4) is 0 Å². The van der Waals surface area contributed by atoms with Gasteiger partial charge in [0, 0.05) is 19.0 Å². The number of amides is 3. The molecule has 7 heteroatoms. The van der Waals surface area contributed by atoms with Gasteiger partial charge in [-0.3, -0.25) is 19.3 Å². The molecule has 0 radical (unpaired) electrons. The number of imide groups is 1. The number of piperidine rings is 1. The van der Waals surface area contributed by atoms with Gasteiger partial charge >= 0.3 is 0 Å². The van der Waals surface area contributed by atoms with Crippen molar-refractivity contribution in [3.05, 3.63) is 64.7 Å². The van der Waals surface area contributed by atoms with Crippen molar-refractivity contribution < 1.29 is 14.4 Å². The Labute approximate surface area is 178 Å². The van der Waals surface area contributed by atoms with E-state index in [1.54, 1.807) is 47.4 Å². The number of aromatic nitrogens is 1. The predicted molar refractivity (Wildman–Crippen MR) is 115 cm³/mol. The van der Waals surface area contributed by atoms with E-state index in [-0.39, 0.29) is 11.8 Å². The number of hydrogen-bond acceptors (Lipinski definition) is 5. The predicted octanol–water partition coefficient (Wildman–Crippen LogP) is 3.69. The second-order valence-electron chi connectivity index (χ2n) is 7.85. The minimum absolute atomic E-state index is 0.175. The second kappa shape index (κ2) is 7.32. The van der Waals surface area contributed by atoms with Gasteiger partial charge in [0.05, 0.1) is 26.4 Å². The monoisotopic (exact) mass is 419 g/mol. The molecule has 0 bridgehead atoms. The van der Waals surface area contributed by atoms with Crippen molar-refractivity contribution in [1.29, 1.82) is 0 Å². The largest absolute Gasteiger partial charge is 0.340 e. The van der Waals surface area contributed by atoms with Gasteiger partial charge in [0.1, 0.15) is 6.04 Å². The lowest BCUT2D eigenvalue weighted by Crippen LogP contribution is -2.51. The Kier molecular flexibility index (Phi) is 4.62. The summed E-state index contributed by atoms with van der Waals surface area (Å²) in [6, 6.07) is 14.0. The highest BCUT2D eigenvalue weighted by molar-refractivity contribution is 7.18. The quantitative estimate of drug-likeness (QED) is 0.607. The second-order valence-corrected chi connectivity index (χ2v) is 8.91. The van der Waals surface area contributed by atoms with Crippen LogP contribution in [0.5, 0.6) is 0 Å². The van der Waals surface area contributed by atoms with Gasteiger partial charge in [-0.1, -0.05) is 24.3 Å². The van der Waals surface area contributed by atoms with E-state index in [9.17, 15) is 14.4 Å². The molecule has 2 atom stereocenters.